The number of piperazine rings is 1. The van der Waals surface area contributed by atoms with Crippen LogP contribution in [-0.4, -0.2) is 92.8 Å². The van der Waals surface area contributed by atoms with Gasteiger partial charge in [-0.1, -0.05) is 11.6 Å². The Bertz CT molecular complexity index is 634. The Hall–Kier alpha value is -1.39. The van der Waals surface area contributed by atoms with E-state index < -0.39 is 6.10 Å². The van der Waals surface area contributed by atoms with Gasteiger partial charge < -0.3 is 25.4 Å². The van der Waals surface area contributed by atoms with E-state index in [-0.39, 0.29) is 12.5 Å². The Morgan fingerprint density at radius 3 is 2.71 bits per heavy atom. The van der Waals surface area contributed by atoms with Gasteiger partial charge in [-0.3, -0.25) is 14.7 Å². The van der Waals surface area contributed by atoms with Crippen molar-refractivity contribution in [1.82, 2.24) is 20.4 Å². The topological polar surface area (TPSA) is 89.4 Å². The van der Waals surface area contributed by atoms with E-state index in [1.54, 1.807) is 13.2 Å². The van der Waals surface area contributed by atoms with E-state index in [1.807, 2.05) is 13.0 Å². The maximum atomic E-state index is 11.9. The minimum absolute atomic E-state index is 0.0174. The second-order valence-electron chi connectivity index (χ2n) is 6.46. The van der Waals surface area contributed by atoms with E-state index in [0.29, 0.717) is 24.0 Å². The summed E-state index contributed by atoms with van der Waals surface area (Å²) in [6, 6.07) is 3.61. The van der Waals surface area contributed by atoms with Crippen LogP contribution in [0.3, 0.4) is 0 Å². The van der Waals surface area contributed by atoms with Crippen LogP contribution < -0.4 is 10.6 Å². The number of amides is 1. The standard InChI is InChI=1S/C18H30ClN5O3S/c1-3-20-18(22-12-14(25)15-4-5-16(19)28-15)24-9-7-23(8-10-24)13-17(26)21-6-11-27-2/h4-5,14,25H,3,6-13H2,1-2H3,(H,20,22)(H,21,26). The van der Waals surface area contributed by atoms with E-state index in [9.17, 15) is 9.90 Å². The number of nitrogens with zero attached hydrogens (tertiary/aromatic N) is 3. The number of halogens is 1. The molecule has 1 amide bonds. The second kappa shape index (κ2) is 12.2. The summed E-state index contributed by atoms with van der Waals surface area (Å²) in [5, 5.41) is 16.4. The number of nitrogens with one attached hydrogen (secondary N) is 2. The first kappa shape index (κ1) is 22.9. The van der Waals surface area contributed by atoms with Gasteiger partial charge in [-0.05, 0) is 19.1 Å². The number of ether oxygens (including phenoxy) is 1. The van der Waals surface area contributed by atoms with Gasteiger partial charge in [0.15, 0.2) is 5.96 Å². The van der Waals surface area contributed by atoms with Crippen molar-refractivity contribution < 1.29 is 14.6 Å². The Kier molecular flexibility index (Phi) is 10.0. The zero-order chi connectivity index (χ0) is 20.4. The number of rotatable bonds is 9. The molecule has 1 aliphatic heterocycles. The quantitative estimate of drug-likeness (QED) is 0.304. The van der Waals surface area contributed by atoms with Crippen molar-refractivity contribution >= 4 is 34.8 Å². The normalized spacial score (nSPS) is 16.9. The van der Waals surface area contributed by atoms with E-state index >= 15 is 0 Å². The molecule has 10 heteroatoms. The molecule has 0 bridgehead atoms. The summed E-state index contributed by atoms with van der Waals surface area (Å²) < 4.78 is 5.60. The zero-order valence-electron chi connectivity index (χ0n) is 16.5. The van der Waals surface area contributed by atoms with Crippen molar-refractivity contribution in [2.24, 2.45) is 4.99 Å². The first-order chi connectivity index (χ1) is 13.5. The monoisotopic (exact) mass is 431 g/mol. The van der Waals surface area contributed by atoms with Crippen LogP contribution in [0.15, 0.2) is 17.1 Å². The summed E-state index contributed by atoms with van der Waals surface area (Å²) in [7, 11) is 1.61. The van der Waals surface area contributed by atoms with Crippen LogP contribution in [0.1, 0.15) is 17.9 Å². The highest BCUT2D eigenvalue weighted by atomic mass is 35.5. The molecule has 1 fully saturated rings. The van der Waals surface area contributed by atoms with Crippen LogP contribution in [0, 0.1) is 0 Å². The van der Waals surface area contributed by atoms with Crippen molar-refractivity contribution in [3.8, 4) is 0 Å². The third kappa shape index (κ3) is 7.56. The molecule has 3 N–H and O–H groups in total. The highest BCUT2D eigenvalue weighted by Gasteiger charge is 2.21. The number of aliphatic hydroxyl groups excluding tert-OH is 1. The molecule has 1 aliphatic rings. The molecule has 1 aromatic heterocycles. The van der Waals surface area contributed by atoms with Crippen molar-refractivity contribution in [3.05, 3.63) is 21.3 Å². The SMILES string of the molecule is CCNC(=NCC(O)c1ccc(Cl)s1)N1CCN(CC(=O)NCCOC)CC1. The first-order valence-electron chi connectivity index (χ1n) is 9.48. The number of methoxy groups -OCH3 is 1. The van der Waals surface area contributed by atoms with E-state index in [4.69, 9.17) is 16.3 Å². The Morgan fingerprint density at radius 2 is 2.11 bits per heavy atom. The Labute approximate surface area is 175 Å². The van der Waals surface area contributed by atoms with Gasteiger partial charge in [-0.2, -0.15) is 0 Å². The third-order valence-electron chi connectivity index (χ3n) is 4.34. The summed E-state index contributed by atoms with van der Waals surface area (Å²) in [5.41, 5.74) is 0. The minimum atomic E-state index is -0.664. The van der Waals surface area contributed by atoms with Crippen molar-refractivity contribution in [1.29, 1.82) is 0 Å². The molecule has 2 rings (SSSR count). The molecule has 0 spiro atoms. The van der Waals surface area contributed by atoms with Crippen molar-refractivity contribution in [3.63, 3.8) is 0 Å². The average molecular weight is 432 g/mol. The molecule has 1 saturated heterocycles. The molecule has 0 aromatic carbocycles. The summed E-state index contributed by atoms with van der Waals surface area (Å²) in [6.07, 6.45) is -0.664. The van der Waals surface area contributed by atoms with Crippen LogP contribution >= 0.6 is 22.9 Å². The van der Waals surface area contributed by atoms with E-state index in [0.717, 1.165) is 43.6 Å². The zero-order valence-corrected chi connectivity index (χ0v) is 18.1. The van der Waals surface area contributed by atoms with Crippen molar-refractivity contribution in [2.75, 3.05) is 66.1 Å². The Balaban J connectivity index is 1.82. The van der Waals surface area contributed by atoms with E-state index in [1.165, 1.54) is 11.3 Å². The number of hydrogen-bond donors (Lipinski definition) is 3. The molecular weight excluding hydrogens is 402 g/mol. The number of carbonyl (C=O) groups is 1. The maximum Gasteiger partial charge on any atom is 0.234 e. The number of thiophene rings is 1. The number of carbonyl (C=O) groups excluding carboxylic acids is 1. The number of hydrogen-bond acceptors (Lipinski definition) is 6. The molecule has 158 valence electrons. The highest BCUT2D eigenvalue weighted by Crippen LogP contribution is 2.27. The fraction of sp³-hybridized carbons (Fsp3) is 0.667. The molecule has 0 saturated carbocycles. The second-order valence-corrected chi connectivity index (χ2v) is 8.20. The molecule has 0 radical (unpaired) electrons. The Morgan fingerprint density at radius 1 is 1.36 bits per heavy atom. The van der Waals surface area contributed by atoms with E-state index in [2.05, 4.69) is 25.4 Å². The largest absolute Gasteiger partial charge is 0.386 e. The van der Waals surface area contributed by atoms with Gasteiger partial charge >= 0.3 is 0 Å². The van der Waals surface area contributed by atoms with Crippen molar-refractivity contribution in [2.45, 2.75) is 13.0 Å². The number of aliphatic hydroxyl groups is 1. The van der Waals surface area contributed by atoms with Gasteiger partial charge in [0.1, 0.15) is 6.10 Å². The molecular formula is C18H30ClN5O3S. The minimum Gasteiger partial charge on any atom is -0.386 e. The number of guanidine groups is 1. The lowest BCUT2D eigenvalue weighted by Crippen LogP contribution is -2.54. The smallest absolute Gasteiger partial charge is 0.234 e. The molecule has 1 atom stereocenters. The van der Waals surface area contributed by atoms with Gasteiger partial charge in [-0.15, -0.1) is 11.3 Å². The fourth-order valence-electron chi connectivity index (χ4n) is 2.87. The molecule has 1 aromatic rings. The van der Waals surface area contributed by atoms with Gasteiger partial charge in [-0.25, -0.2) is 0 Å². The predicted molar refractivity (Wildman–Crippen MR) is 113 cm³/mol. The highest BCUT2D eigenvalue weighted by molar-refractivity contribution is 7.16. The van der Waals surface area contributed by atoms with Gasteiger partial charge in [0.2, 0.25) is 5.91 Å². The summed E-state index contributed by atoms with van der Waals surface area (Å²) in [5.74, 6) is 0.803. The maximum absolute atomic E-state index is 11.9. The van der Waals surface area contributed by atoms with Gasteiger partial charge in [0, 0.05) is 51.3 Å². The fourth-order valence-corrected chi connectivity index (χ4v) is 3.90. The predicted octanol–water partition coefficient (Wildman–Crippen LogP) is 0.781. The van der Waals surface area contributed by atoms with Crippen LogP contribution in [0.4, 0.5) is 0 Å². The molecule has 28 heavy (non-hydrogen) atoms. The summed E-state index contributed by atoms with van der Waals surface area (Å²) >= 11 is 7.30. The third-order valence-corrected chi connectivity index (χ3v) is 5.67. The first-order valence-corrected chi connectivity index (χ1v) is 10.7. The molecule has 8 nitrogen and oxygen atoms in total. The van der Waals surface area contributed by atoms with Gasteiger partial charge in [0.05, 0.1) is 24.0 Å². The lowest BCUT2D eigenvalue weighted by Gasteiger charge is -2.36. The number of aliphatic imine (C=N–C) groups is 1. The lowest BCUT2D eigenvalue weighted by molar-refractivity contribution is -0.122. The summed E-state index contributed by atoms with van der Waals surface area (Å²) in [4.78, 5) is 21.6. The lowest BCUT2D eigenvalue weighted by atomic mass is 10.3. The van der Waals surface area contributed by atoms with Crippen LogP contribution in [0.2, 0.25) is 4.34 Å². The molecule has 0 aliphatic carbocycles. The molecule has 2 heterocycles. The van der Waals surface area contributed by atoms with Crippen LogP contribution in [-0.2, 0) is 9.53 Å². The molecule has 1 unspecified atom stereocenters. The van der Waals surface area contributed by atoms with Crippen LogP contribution in [0.5, 0.6) is 0 Å². The average Bonchev–Trinajstić information content (AvgIpc) is 3.12. The van der Waals surface area contributed by atoms with Crippen LogP contribution in [0.25, 0.3) is 0 Å². The summed E-state index contributed by atoms with van der Waals surface area (Å²) in [6.45, 7) is 7.61. The van der Waals surface area contributed by atoms with Gasteiger partial charge in [0.25, 0.3) is 0 Å².